The van der Waals surface area contributed by atoms with Crippen LogP contribution in [0.1, 0.15) is 196 Å². The maximum atomic E-state index is 12.5. The van der Waals surface area contributed by atoms with E-state index in [2.05, 4.69) is 81.4 Å². The third-order valence-corrected chi connectivity index (χ3v) is 18.0. The zero-order valence-corrected chi connectivity index (χ0v) is 53.5. The Balaban J connectivity index is 0.000000125. The van der Waals surface area contributed by atoms with E-state index in [9.17, 15) is 38.7 Å². The quantitative estimate of drug-likeness (QED) is 0.0429. The number of Topliss-reactive ketones (excluding diaryl/α,β-unsaturated/α-hetero) is 2. The number of hydrogen-bond donors (Lipinski definition) is 5. The number of ketones is 2. The Hall–Kier alpha value is -9.91. The summed E-state index contributed by atoms with van der Waals surface area (Å²) in [5.41, 5.74) is 16.5. The number of H-pyrrole nitrogens is 4. The van der Waals surface area contributed by atoms with Crippen LogP contribution in [0.3, 0.4) is 0 Å². The van der Waals surface area contributed by atoms with Crippen LogP contribution in [-0.4, -0.2) is 107 Å². The molecule has 5 N–H and O–H groups in total. The molecule has 6 aromatic heterocycles. The third-order valence-electron chi connectivity index (χ3n) is 18.0. The van der Waals surface area contributed by atoms with Gasteiger partial charge in [-0.05, 0) is 181 Å². The largest absolute Gasteiger partial charge is 0.478 e. The monoisotopic (exact) mass is 1230 g/mol. The number of carboxylic acid groups (broad SMARTS) is 1. The first kappa shape index (κ1) is 62.7. The smallest absolute Gasteiger partial charge is 0.338 e. The second-order valence-electron chi connectivity index (χ2n) is 26.5. The van der Waals surface area contributed by atoms with Gasteiger partial charge in [-0.3, -0.25) is 9.59 Å². The first-order valence-electron chi connectivity index (χ1n) is 30.6. The van der Waals surface area contributed by atoms with Crippen LogP contribution in [-0.2, 0) is 53.5 Å². The lowest BCUT2D eigenvalue weighted by molar-refractivity contribution is -0.110. The third kappa shape index (κ3) is 11.4. The number of aldehydes is 1. The fraction of sp³-hybridized carbons (Fsp3) is 0.347. The molecule has 19 nitrogen and oxygen atoms in total. The number of nitrogens with zero attached hydrogens (tertiary/aromatic N) is 4. The summed E-state index contributed by atoms with van der Waals surface area (Å²) in [5, 5.41) is 13.1. The summed E-state index contributed by atoms with van der Waals surface area (Å²) in [6.45, 7) is 25.1. The Bertz CT molecular complexity index is 4680. The molecule has 14 rings (SSSR count). The molecule has 91 heavy (non-hydrogen) atoms. The highest BCUT2D eigenvalue weighted by atomic mass is 16.5. The molecule has 10 aromatic rings. The number of ether oxygens (including phenoxy) is 3. The summed E-state index contributed by atoms with van der Waals surface area (Å²) in [5.74, 6) is -1.08. The van der Waals surface area contributed by atoms with Crippen molar-refractivity contribution in [2.45, 2.75) is 137 Å². The molecule has 0 saturated carbocycles. The normalized spacial score (nSPS) is 16.6. The molecule has 4 aliphatic rings. The van der Waals surface area contributed by atoms with Gasteiger partial charge >= 0.3 is 23.9 Å². The van der Waals surface area contributed by atoms with Gasteiger partial charge in [0.2, 0.25) is 0 Å². The summed E-state index contributed by atoms with van der Waals surface area (Å²) in [6, 6.07) is 21.5. The Morgan fingerprint density at radius 1 is 0.549 bits per heavy atom. The number of methoxy groups -OCH3 is 1. The molecule has 0 fully saturated rings. The molecule has 0 saturated heterocycles. The summed E-state index contributed by atoms with van der Waals surface area (Å²) < 4.78 is 15.0. The van der Waals surface area contributed by atoms with Gasteiger partial charge in [0.15, 0.2) is 11.6 Å². The number of aromatic carboxylic acids is 1. The van der Waals surface area contributed by atoms with Gasteiger partial charge < -0.3 is 44.0 Å². The minimum atomic E-state index is -0.908. The van der Waals surface area contributed by atoms with E-state index in [4.69, 9.17) is 14.2 Å². The molecular weight excluding hydrogens is 1150 g/mol. The van der Waals surface area contributed by atoms with E-state index in [1.54, 1.807) is 49.4 Å². The van der Waals surface area contributed by atoms with E-state index in [0.717, 1.165) is 131 Å². The Labute approximate surface area is 525 Å². The summed E-state index contributed by atoms with van der Waals surface area (Å²) >= 11 is 0. The molecule has 4 aromatic carbocycles. The number of esters is 3. The maximum Gasteiger partial charge on any atom is 0.338 e. The number of rotatable bonds is 7. The van der Waals surface area contributed by atoms with Crippen LogP contribution in [0.25, 0.3) is 66.4 Å². The number of fused-ring (bicyclic) bond motifs is 16. The van der Waals surface area contributed by atoms with Crippen LogP contribution < -0.4 is 0 Å². The lowest BCUT2D eigenvalue weighted by atomic mass is 9.69. The molecular formula is C72H74N8O11. The second kappa shape index (κ2) is 23.5. The van der Waals surface area contributed by atoms with E-state index in [0.29, 0.717) is 59.7 Å². The lowest BCUT2D eigenvalue weighted by Crippen LogP contribution is -2.34. The maximum absolute atomic E-state index is 12.5. The van der Waals surface area contributed by atoms with Gasteiger partial charge in [-0.25, -0.2) is 39.1 Å². The molecule has 0 radical (unpaired) electrons. The van der Waals surface area contributed by atoms with E-state index >= 15 is 0 Å². The minimum Gasteiger partial charge on any atom is -0.478 e. The number of benzene rings is 4. The Kier molecular flexibility index (Phi) is 16.2. The number of aromatic amines is 4. The van der Waals surface area contributed by atoms with Crippen molar-refractivity contribution in [3.8, 4) is 22.8 Å². The fourth-order valence-electron chi connectivity index (χ4n) is 13.9. The molecule has 0 aliphatic heterocycles. The Morgan fingerprint density at radius 3 is 1.35 bits per heavy atom. The SMILES string of the molecule is CCOC(=O)c1ccc2[nH]c3c(c2c1)C(C)(C)CC(C=O)C3=O.CCOC(=O)c1ccc2[nH]c3c(c2c1)C(C)(C)Cc1cnc(C)nc1-3.COC(=O)c1ccc2[nH]c3c(c2c1)C(C)(C)CCC3=O.Cc1ncc2c(n1)-c1[nH]c3ccc(C(=O)O)cc3c1C(C)(C)C2. The van der Waals surface area contributed by atoms with Gasteiger partial charge in [0.25, 0.3) is 0 Å². The van der Waals surface area contributed by atoms with Crippen LogP contribution in [0.5, 0.6) is 0 Å². The van der Waals surface area contributed by atoms with Gasteiger partial charge in [0.1, 0.15) is 17.9 Å². The number of carboxylic acids is 1. The highest BCUT2D eigenvalue weighted by Crippen LogP contribution is 2.49. The topological polar surface area (TPSA) is 282 Å². The second-order valence-corrected chi connectivity index (χ2v) is 26.5. The highest BCUT2D eigenvalue weighted by molar-refractivity contribution is 6.11. The first-order chi connectivity index (χ1) is 43.1. The van der Waals surface area contributed by atoms with Gasteiger partial charge in [-0.1, -0.05) is 55.4 Å². The van der Waals surface area contributed by atoms with Gasteiger partial charge in [0.05, 0.1) is 82.7 Å². The van der Waals surface area contributed by atoms with Gasteiger partial charge in [-0.2, -0.15) is 0 Å². The van der Waals surface area contributed by atoms with E-state index in [-0.39, 0.29) is 51.1 Å². The van der Waals surface area contributed by atoms with Crippen molar-refractivity contribution >= 4 is 85.3 Å². The van der Waals surface area contributed by atoms with Crippen molar-refractivity contribution in [2.75, 3.05) is 20.3 Å². The first-order valence-corrected chi connectivity index (χ1v) is 30.6. The molecule has 0 bridgehead atoms. The molecule has 19 heteroatoms. The summed E-state index contributed by atoms with van der Waals surface area (Å²) in [6.07, 6.45) is 8.12. The predicted molar refractivity (Wildman–Crippen MR) is 347 cm³/mol. The molecule has 4 aliphatic carbocycles. The summed E-state index contributed by atoms with van der Waals surface area (Å²) in [7, 11) is 1.37. The fourth-order valence-corrected chi connectivity index (χ4v) is 13.9. The van der Waals surface area contributed by atoms with Gasteiger partial charge in [-0.15, -0.1) is 0 Å². The van der Waals surface area contributed by atoms with Crippen LogP contribution in [0, 0.1) is 19.8 Å². The predicted octanol–water partition coefficient (Wildman–Crippen LogP) is 13.6. The average molecular weight is 1230 g/mol. The zero-order chi connectivity index (χ0) is 65.4. The van der Waals surface area contributed by atoms with Crippen LogP contribution >= 0.6 is 0 Å². The molecule has 1 unspecified atom stereocenters. The van der Waals surface area contributed by atoms with E-state index in [1.165, 1.54) is 12.7 Å². The van der Waals surface area contributed by atoms with Crippen LogP contribution in [0.15, 0.2) is 85.2 Å². The molecule has 6 heterocycles. The van der Waals surface area contributed by atoms with Crippen LogP contribution in [0.4, 0.5) is 0 Å². The molecule has 0 amide bonds. The van der Waals surface area contributed by atoms with Crippen molar-refractivity contribution in [1.82, 2.24) is 39.9 Å². The minimum absolute atomic E-state index is 0.0732. The van der Waals surface area contributed by atoms with Crippen molar-refractivity contribution in [1.29, 1.82) is 0 Å². The van der Waals surface area contributed by atoms with Crippen LogP contribution in [0.2, 0.25) is 0 Å². The number of hydrogen-bond acceptors (Lipinski definition) is 14. The van der Waals surface area contributed by atoms with Crippen molar-refractivity contribution in [3.63, 3.8) is 0 Å². The number of carbonyl (C=O) groups excluding carboxylic acids is 6. The standard InChI is InChI=1S/C20H21N3O2.C18H17N3O2.C18H19NO4.C16H17NO3/c1-5-25-19(24)12-6-7-15-14(8-12)16-18(23-15)17-13(9-20(16,3)4)10-21-11(2)22-17;1-9-19-8-11-7-18(2,3)14-12-6-10(17(22)23)4-5-13(12)21-16(14)15(11)20-9;1-4-23-17(22)10-5-6-13-12(7-10)14-15(19-13)16(21)11(9-20)8-18(14,2)3;1-16(2)7-6-12(18)14-13(16)10-8-9(15(19)20-3)4-5-11(10)17-14/h6-8,10,23H,5,9H2,1-4H3;4-6,8,21H,7H2,1-3H3,(H,22,23);5-7,9,11,19H,4,8H2,1-3H3;4-5,8,17H,6-7H2,1-3H3. The molecule has 0 spiro atoms. The van der Waals surface area contributed by atoms with Crippen molar-refractivity contribution < 1.29 is 52.9 Å². The lowest BCUT2D eigenvalue weighted by Gasteiger charge is -2.32. The Morgan fingerprint density at radius 2 is 0.934 bits per heavy atom. The zero-order valence-electron chi connectivity index (χ0n) is 53.5. The van der Waals surface area contributed by atoms with E-state index in [1.807, 2.05) is 77.3 Å². The molecule has 1 atom stereocenters. The highest BCUT2D eigenvalue weighted by Gasteiger charge is 2.42. The van der Waals surface area contributed by atoms with Crippen molar-refractivity contribution in [3.05, 3.63) is 164 Å². The van der Waals surface area contributed by atoms with E-state index < -0.39 is 11.9 Å². The number of carbonyl (C=O) groups is 7. The molecule has 468 valence electrons. The average Bonchev–Trinajstić information content (AvgIpc) is 1.68. The number of aryl methyl sites for hydroxylation is 2. The number of aromatic nitrogens is 8. The number of nitrogens with one attached hydrogen (secondary N) is 4. The van der Waals surface area contributed by atoms with Gasteiger partial charge in [0, 0.05) is 62.4 Å². The van der Waals surface area contributed by atoms with Crippen molar-refractivity contribution in [2.24, 2.45) is 5.92 Å². The summed E-state index contributed by atoms with van der Waals surface area (Å²) in [4.78, 5) is 114.